The summed E-state index contributed by atoms with van der Waals surface area (Å²) >= 11 is 6.14. The van der Waals surface area contributed by atoms with Crippen molar-refractivity contribution >= 4 is 17.3 Å². The van der Waals surface area contributed by atoms with Crippen molar-refractivity contribution in [2.24, 2.45) is 0 Å². The molecule has 2 aromatic rings. The van der Waals surface area contributed by atoms with E-state index in [9.17, 15) is 5.11 Å². The van der Waals surface area contributed by atoms with Crippen LogP contribution in [-0.2, 0) is 6.54 Å². The smallest absolute Gasteiger partial charge is 0.160 e. The summed E-state index contributed by atoms with van der Waals surface area (Å²) in [5, 5.41) is 13.4. The molecule has 5 heteroatoms. The summed E-state index contributed by atoms with van der Waals surface area (Å²) in [4.78, 5) is 0. The number of ether oxygens (including phenoxy) is 2. The molecule has 0 spiro atoms. The van der Waals surface area contributed by atoms with Crippen molar-refractivity contribution in [1.82, 2.24) is 0 Å². The number of hydrogen-bond donors (Lipinski definition) is 2. The molecular weight excluding hydrogens is 290 g/mol. The minimum atomic E-state index is 0.130. The summed E-state index contributed by atoms with van der Waals surface area (Å²) in [6.45, 7) is 3.10. The van der Waals surface area contributed by atoms with Crippen LogP contribution in [0.2, 0.25) is 5.02 Å². The Hall–Kier alpha value is -2.07. The van der Waals surface area contributed by atoms with Crippen molar-refractivity contribution in [3.05, 3.63) is 47.0 Å². The molecule has 2 N–H and O–H groups in total. The molecule has 0 aliphatic carbocycles. The van der Waals surface area contributed by atoms with E-state index in [2.05, 4.69) is 5.32 Å². The predicted octanol–water partition coefficient (Wildman–Crippen LogP) is 4.07. The van der Waals surface area contributed by atoms with Crippen LogP contribution < -0.4 is 14.8 Å². The quantitative estimate of drug-likeness (QED) is 0.845. The number of anilines is 1. The van der Waals surface area contributed by atoms with Crippen LogP contribution in [0.5, 0.6) is 17.2 Å². The third-order valence-corrected chi connectivity index (χ3v) is 3.27. The van der Waals surface area contributed by atoms with Gasteiger partial charge in [-0.2, -0.15) is 0 Å². The van der Waals surface area contributed by atoms with Gasteiger partial charge in [0.25, 0.3) is 0 Å². The molecule has 0 aliphatic rings. The molecule has 2 aromatic carbocycles. The van der Waals surface area contributed by atoms with Gasteiger partial charge in [0.2, 0.25) is 0 Å². The van der Waals surface area contributed by atoms with Crippen LogP contribution >= 0.6 is 11.6 Å². The topological polar surface area (TPSA) is 50.7 Å². The van der Waals surface area contributed by atoms with Crippen molar-refractivity contribution in [3.8, 4) is 17.2 Å². The molecular formula is C16H18ClNO3. The van der Waals surface area contributed by atoms with E-state index in [1.807, 2.05) is 31.2 Å². The number of hydrogen-bond acceptors (Lipinski definition) is 4. The Bertz CT molecular complexity index is 616. The Kier molecular flexibility index (Phi) is 5.17. The summed E-state index contributed by atoms with van der Waals surface area (Å²) in [7, 11) is 1.53. The van der Waals surface area contributed by atoms with E-state index >= 15 is 0 Å². The van der Waals surface area contributed by atoms with Gasteiger partial charge in [0, 0.05) is 12.2 Å². The molecule has 112 valence electrons. The highest BCUT2D eigenvalue weighted by atomic mass is 35.5. The fourth-order valence-electron chi connectivity index (χ4n) is 1.92. The molecule has 0 saturated heterocycles. The van der Waals surface area contributed by atoms with Crippen molar-refractivity contribution < 1.29 is 14.6 Å². The Morgan fingerprint density at radius 3 is 2.62 bits per heavy atom. The van der Waals surface area contributed by atoms with Crippen LogP contribution in [0.1, 0.15) is 12.5 Å². The number of methoxy groups -OCH3 is 1. The second-order valence-corrected chi connectivity index (χ2v) is 4.85. The van der Waals surface area contributed by atoms with Gasteiger partial charge in [0.1, 0.15) is 5.75 Å². The minimum absolute atomic E-state index is 0.130. The summed E-state index contributed by atoms with van der Waals surface area (Å²) in [5.41, 5.74) is 1.89. The van der Waals surface area contributed by atoms with Gasteiger partial charge in [-0.3, -0.25) is 0 Å². The highest BCUT2D eigenvalue weighted by molar-refractivity contribution is 6.32. The third kappa shape index (κ3) is 3.95. The summed E-state index contributed by atoms with van der Waals surface area (Å²) in [5.74, 6) is 1.26. The van der Waals surface area contributed by atoms with Gasteiger partial charge in [-0.05, 0) is 42.8 Å². The van der Waals surface area contributed by atoms with Crippen molar-refractivity contribution in [3.63, 3.8) is 0 Å². The lowest BCUT2D eigenvalue weighted by Gasteiger charge is -2.11. The maximum Gasteiger partial charge on any atom is 0.160 e. The maximum atomic E-state index is 9.56. The Morgan fingerprint density at radius 2 is 1.95 bits per heavy atom. The molecule has 4 nitrogen and oxygen atoms in total. The second kappa shape index (κ2) is 7.09. The molecule has 0 fully saturated rings. The van der Waals surface area contributed by atoms with Crippen LogP contribution in [0, 0.1) is 0 Å². The van der Waals surface area contributed by atoms with Gasteiger partial charge in [0.15, 0.2) is 11.5 Å². The average Bonchev–Trinajstić information content (AvgIpc) is 2.49. The van der Waals surface area contributed by atoms with Gasteiger partial charge >= 0.3 is 0 Å². The molecule has 0 saturated carbocycles. The molecule has 21 heavy (non-hydrogen) atoms. The molecule has 0 radical (unpaired) electrons. The Morgan fingerprint density at radius 1 is 1.14 bits per heavy atom. The first-order valence-corrected chi connectivity index (χ1v) is 7.04. The van der Waals surface area contributed by atoms with Crippen molar-refractivity contribution in [2.75, 3.05) is 19.0 Å². The zero-order valence-corrected chi connectivity index (χ0v) is 12.8. The van der Waals surface area contributed by atoms with Gasteiger partial charge in [-0.25, -0.2) is 0 Å². The number of nitrogens with one attached hydrogen (secondary N) is 1. The number of phenols is 1. The molecule has 0 aliphatic heterocycles. The molecule has 0 bridgehead atoms. The summed E-state index contributed by atoms with van der Waals surface area (Å²) < 4.78 is 10.5. The van der Waals surface area contributed by atoms with E-state index < -0.39 is 0 Å². The van der Waals surface area contributed by atoms with Crippen LogP contribution in [-0.4, -0.2) is 18.8 Å². The van der Waals surface area contributed by atoms with E-state index in [4.69, 9.17) is 21.1 Å². The standard InChI is InChI=1S/C16H18ClNO3/c1-3-21-15-7-5-12(9-13(15)17)18-10-11-4-6-14(19)16(8-11)20-2/h4-9,18-19H,3,10H2,1-2H3. The molecule has 0 aromatic heterocycles. The summed E-state index contributed by atoms with van der Waals surface area (Å²) in [6, 6.07) is 10.8. The lowest BCUT2D eigenvalue weighted by atomic mass is 10.2. The maximum absolute atomic E-state index is 9.56. The monoisotopic (exact) mass is 307 g/mol. The van der Waals surface area contributed by atoms with Crippen LogP contribution in [0.25, 0.3) is 0 Å². The Balaban J connectivity index is 2.04. The number of phenolic OH excluding ortho intramolecular Hbond substituents is 1. The normalized spacial score (nSPS) is 10.2. The van der Waals surface area contributed by atoms with E-state index in [-0.39, 0.29) is 5.75 Å². The number of benzene rings is 2. The van der Waals surface area contributed by atoms with Gasteiger partial charge in [-0.15, -0.1) is 0 Å². The van der Waals surface area contributed by atoms with Gasteiger partial charge in [0.05, 0.1) is 18.7 Å². The highest BCUT2D eigenvalue weighted by Gasteiger charge is 2.05. The largest absolute Gasteiger partial charge is 0.504 e. The zero-order chi connectivity index (χ0) is 15.2. The molecule has 0 atom stereocenters. The Labute approximate surface area is 129 Å². The SMILES string of the molecule is CCOc1ccc(NCc2ccc(O)c(OC)c2)cc1Cl. The minimum Gasteiger partial charge on any atom is -0.504 e. The first-order valence-electron chi connectivity index (χ1n) is 6.66. The van der Waals surface area contributed by atoms with E-state index in [0.29, 0.717) is 29.7 Å². The summed E-state index contributed by atoms with van der Waals surface area (Å²) in [6.07, 6.45) is 0. The fourth-order valence-corrected chi connectivity index (χ4v) is 2.15. The molecule has 0 heterocycles. The average molecular weight is 308 g/mol. The number of rotatable bonds is 6. The van der Waals surface area contributed by atoms with Gasteiger partial charge in [-0.1, -0.05) is 17.7 Å². The van der Waals surface area contributed by atoms with Crippen LogP contribution in [0.4, 0.5) is 5.69 Å². The van der Waals surface area contributed by atoms with E-state index in [1.54, 1.807) is 12.1 Å². The molecule has 2 rings (SSSR count). The van der Waals surface area contributed by atoms with Crippen LogP contribution in [0.15, 0.2) is 36.4 Å². The van der Waals surface area contributed by atoms with Crippen LogP contribution in [0.3, 0.4) is 0 Å². The molecule has 0 unspecified atom stereocenters. The lowest BCUT2D eigenvalue weighted by molar-refractivity contribution is 0.340. The second-order valence-electron chi connectivity index (χ2n) is 4.44. The first-order chi connectivity index (χ1) is 10.1. The number of halogens is 1. The first kappa shape index (κ1) is 15.3. The predicted molar refractivity (Wildman–Crippen MR) is 84.6 cm³/mol. The van der Waals surface area contributed by atoms with Crippen molar-refractivity contribution in [2.45, 2.75) is 13.5 Å². The molecule has 0 amide bonds. The number of aromatic hydroxyl groups is 1. The van der Waals surface area contributed by atoms with E-state index in [0.717, 1.165) is 11.3 Å². The highest BCUT2D eigenvalue weighted by Crippen LogP contribution is 2.29. The third-order valence-electron chi connectivity index (χ3n) is 2.97. The van der Waals surface area contributed by atoms with E-state index in [1.165, 1.54) is 7.11 Å². The van der Waals surface area contributed by atoms with Crippen molar-refractivity contribution in [1.29, 1.82) is 0 Å². The fraction of sp³-hybridized carbons (Fsp3) is 0.250. The van der Waals surface area contributed by atoms with Gasteiger partial charge < -0.3 is 19.9 Å². The lowest BCUT2D eigenvalue weighted by Crippen LogP contribution is -2.00. The zero-order valence-electron chi connectivity index (χ0n) is 12.0.